The molecule has 0 radical (unpaired) electrons. The van der Waals surface area contributed by atoms with Crippen molar-refractivity contribution in [3.05, 3.63) is 72.0 Å². The molecule has 1 heterocycles. The Morgan fingerprint density at radius 2 is 1.50 bits per heavy atom. The molecule has 3 aromatic rings. The van der Waals surface area contributed by atoms with E-state index in [1.54, 1.807) is 24.3 Å². The van der Waals surface area contributed by atoms with E-state index in [1.807, 2.05) is 43.3 Å². The highest BCUT2D eigenvalue weighted by molar-refractivity contribution is 5.58. The van der Waals surface area contributed by atoms with Crippen molar-refractivity contribution in [2.24, 2.45) is 5.73 Å². The van der Waals surface area contributed by atoms with E-state index in [1.165, 1.54) is 0 Å². The van der Waals surface area contributed by atoms with Crippen molar-refractivity contribution >= 4 is 0 Å². The van der Waals surface area contributed by atoms with E-state index in [4.69, 9.17) is 14.9 Å². The molecule has 0 saturated carbocycles. The molecule has 3 rings (SSSR count). The zero-order chi connectivity index (χ0) is 20.1. The molecule has 148 valence electrons. The van der Waals surface area contributed by atoms with Crippen LogP contribution >= 0.6 is 0 Å². The van der Waals surface area contributed by atoms with Gasteiger partial charge in [0.2, 0.25) is 0 Å². The highest BCUT2D eigenvalue weighted by Gasteiger charge is 2.27. The van der Waals surface area contributed by atoms with Gasteiger partial charge in [0.15, 0.2) is 0 Å². The Kier molecular flexibility index (Phi) is 6.16. The van der Waals surface area contributed by atoms with E-state index in [-0.39, 0.29) is 6.42 Å². The quantitative estimate of drug-likeness (QED) is 0.476. The summed E-state index contributed by atoms with van der Waals surface area (Å²) >= 11 is 0. The summed E-state index contributed by atoms with van der Waals surface area (Å²) in [5, 5.41) is 28.8. The van der Waals surface area contributed by atoms with Gasteiger partial charge in [-0.1, -0.05) is 12.1 Å². The number of benzene rings is 2. The molecule has 6 heteroatoms. The number of hydrogen-bond acceptors (Lipinski definition) is 6. The van der Waals surface area contributed by atoms with Gasteiger partial charge in [-0.15, -0.1) is 0 Å². The largest absolute Gasteiger partial charge is 0.461 e. The number of rotatable bonds is 8. The molecular weight excluding hydrogens is 358 g/mol. The van der Waals surface area contributed by atoms with E-state index in [0.717, 1.165) is 17.1 Å². The number of nitrogens with two attached hydrogens (primary N) is 1. The van der Waals surface area contributed by atoms with E-state index in [9.17, 15) is 15.3 Å². The van der Waals surface area contributed by atoms with Crippen molar-refractivity contribution in [1.82, 2.24) is 0 Å². The van der Waals surface area contributed by atoms with E-state index in [0.29, 0.717) is 17.1 Å². The van der Waals surface area contributed by atoms with Crippen LogP contribution < -0.4 is 10.5 Å². The maximum absolute atomic E-state index is 10.3. The van der Waals surface area contributed by atoms with Crippen molar-refractivity contribution in [1.29, 1.82) is 0 Å². The van der Waals surface area contributed by atoms with Crippen molar-refractivity contribution < 1.29 is 24.5 Å². The fourth-order valence-electron chi connectivity index (χ4n) is 2.85. The average molecular weight is 383 g/mol. The summed E-state index contributed by atoms with van der Waals surface area (Å²) in [6.07, 6.45) is -0.845. The fourth-order valence-corrected chi connectivity index (χ4v) is 2.85. The summed E-state index contributed by atoms with van der Waals surface area (Å²) in [5.41, 5.74) is 6.21. The number of aliphatic hydroxyl groups excluding tert-OH is 3. The number of aryl methyl sites for hydroxylation is 1. The second kappa shape index (κ2) is 8.58. The molecule has 1 atom stereocenters. The molecule has 5 N–H and O–H groups in total. The second-order valence-electron chi connectivity index (χ2n) is 7.00. The Labute approximate surface area is 163 Å². The van der Waals surface area contributed by atoms with Gasteiger partial charge in [0.25, 0.3) is 0 Å². The summed E-state index contributed by atoms with van der Waals surface area (Å²) in [6, 6.07) is 18.4. The van der Waals surface area contributed by atoms with Gasteiger partial charge in [-0.25, -0.2) is 0 Å². The van der Waals surface area contributed by atoms with Gasteiger partial charge < -0.3 is 30.2 Å². The van der Waals surface area contributed by atoms with Crippen LogP contribution in [0.2, 0.25) is 0 Å². The van der Waals surface area contributed by atoms with Gasteiger partial charge >= 0.3 is 0 Å². The van der Waals surface area contributed by atoms with Crippen LogP contribution in [-0.4, -0.2) is 34.1 Å². The van der Waals surface area contributed by atoms with Gasteiger partial charge in [0.05, 0.1) is 24.9 Å². The highest BCUT2D eigenvalue weighted by Crippen LogP contribution is 2.29. The molecule has 0 aliphatic rings. The lowest BCUT2D eigenvalue weighted by Gasteiger charge is -2.27. The third-order valence-corrected chi connectivity index (χ3v) is 4.61. The van der Waals surface area contributed by atoms with Crippen LogP contribution in [0, 0.1) is 6.92 Å². The zero-order valence-electron chi connectivity index (χ0n) is 15.7. The lowest BCUT2D eigenvalue weighted by atomic mass is 9.92. The molecule has 6 nitrogen and oxygen atoms in total. The molecule has 0 aliphatic carbocycles. The molecule has 28 heavy (non-hydrogen) atoms. The third-order valence-electron chi connectivity index (χ3n) is 4.61. The topological polar surface area (TPSA) is 109 Å². The Balaban J connectivity index is 1.64. The minimum Gasteiger partial charge on any atom is -0.461 e. The first-order chi connectivity index (χ1) is 13.4. The molecule has 0 aliphatic heterocycles. The predicted molar refractivity (Wildman–Crippen MR) is 106 cm³/mol. The Bertz CT molecular complexity index is 882. The molecule has 0 spiro atoms. The molecule has 0 fully saturated rings. The van der Waals surface area contributed by atoms with Crippen LogP contribution in [-0.2, 0) is 0 Å². The smallest absolute Gasteiger partial charge is 0.134 e. The molecule has 0 saturated heterocycles. The molecule has 1 unspecified atom stereocenters. The Hall–Kier alpha value is -2.64. The summed E-state index contributed by atoms with van der Waals surface area (Å²) in [7, 11) is 0. The van der Waals surface area contributed by atoms with Crippen LogP contribution in [0.1, 0.15) is 23.8 Å². The van der Waals surface area contributed by atoms with Gasteiger partial charge in [0.1, 0.15) is 23.0 Å². The minimum atomic E-state index is -1.22. The normalized spacial score (nSPS) is 12.8. The summed E-state index contributed by atoms with van der Waals surface area (Å²) < 4.78 is 11.4. The van der Waals surface area contributed by atoms with Crippen LogP contribution in [0.5, 0.6) is 11.5 Å². The van der Waals surface area contributed by atoms with Crippen LogP contribution in [0.15, 0.2) is 65.1 Å². The second-order valence-corrected chi connectivity index (χ2v) is 7.00. The number of furan rings is 1. The fraction of sp³-hybridized carbons (Fsp3) is 0.273. The lowest BCUT2D eigenvalue weighted by molar-refractivity contribution is 0.0618. The minimum absolute atomic E-state index is 0.0495. The molecule has 0 amide bonds. The van der Waals surface area contributed by atoms with Crippen LogP contribution in [0.25, 0.3) is 11.3 Å². The van der Waals surface area contributed by atoms with Gasteiger partial charge in [-0.2, -0.15) is 0 Å². The monoisotopic (exact) mass is 383 g/mol. The van der Waals surface area contributed by atoms with Crippen molar-refractivity contribution in [2.75, 3.05) is 13.2 Å². The first-order valence-corrected chi connectivity index (χ1v) is 9.06. The number of hydrogen-bond donors (Lipinski definition) is 4. The maximum Gasteiger partial charge on any atom is 0.134 e. The number of aliphatic hydroxyl groups is 3. The lowest BCUT2D eigenvalue weighted by Crippen LogP contribution is -2.48. The van der Waals surface area contributed by atoms with E-state index >= 15 is 0 Å². The zero-order valence-corrected chi connectivity index (χ0v) is 15.7. The van der Waals surface area contributed by atoms with Gasteiger partial charge in [0, 0.05) is 5.56 Å². The Morgan fingerprint density at radius 1 is 0.929 bits per heavy atom. The van der Waals surface area contributed by atoms with Gasteiger partial charge in [-0.3, -0.25) is 0 Å². The van der Waals surface area contributed by atoms with Gasteiger partial charge in [-0.05, 0) is 67.4 Å². The molecule has 0 bridgehead atoms. The SMILES string of the molecule is Cc1ccc(-c2ccc(Oc3ccc(C(O)CC(N)(CO)CO)cc3)cc2)o1. The number of ether oxygens (including phenoxy) is 1. The molecule has 2 aromatic carbocycles. The summed E-state index contributed by atoms with van der Waals surface area (Å²) in [4.78, 5) is 0. The van der Waals surface area contributed by atoms with Crippen molar-refractivity contribution in [2.45, 2.75) is 25.0 Å². The van der Waals surface area contributed by atoms with Crippen LogP contribution in [0.3, 0.4) is 0 Å². The van der Waals surface area contributed by atoms with Crippen molar-refractivity contribution in [3.63, 3.8) is 0 Å². The molecule has 1 aromatic heterocycles. The third kappa shape index (κ3) is 4.79. The van der Waals surface area contributed by atoms with E-state index in [2.05, 4.69) is 0 Å². The first-order valence-electron chi connectivity index (χ1n) is 9.06. The standard InChI is InChI=1S/C22H25NO5/c1-15-2-11-21(27-15)17-5-9-19(10-6-17)28-18-7-3-16(4-8-18)20(26)12-22(23,13-24)14-25/h2-11,20,24-26H,12-14,23H2,1H3. The summed E-state index contributed by atoms with van der Waals surface area (Å²) in [6.45, 7) is 1.09. The average Bonchev–Trinajstić information content (AvgIpc) is 3.15. The summed E-state index contributed by atoms with van der Waals surface area (Å²) in [5.74, 6) is 2.98. The first kappa shape index (κ1) is 20.1. The van der Waals surface area contributed by atoms with Crippen LogP contribution in [0.4, 0.5) is 0 Å². The maximum atomic E-state index is 10.3. The highest BCUT2D eigenvalue weighted by atomic mass is 16.5. The molecular formula is C22H25NO5. The Morgan fingerprint density at radius 3 is 2.00 bits per heavy atom. The van der Waals surface area contributed by atoms with Crippen molar-refractivity contribution in [3.8, 4) is 22.8 Å². The predicted octanol–water partition coefficient (Wildman–Crippen LogP) is 3.15. The van der Waals surface area contributed by atoms with E-state index < -0.39 is 24.9 Å².